The Morgan fingerprint density at radius 1 is 1.16 bits per heavy atom. The van der Waals surface area contributed by atoms with Crippen molar-refractivity contribution in [2.24, 2.45) is 0 Å². The summed E-state index contributed by atoms with van der Waals surface area (Å²) in [6.45, 7) is 3.91. The normalized spacial score (nSPS) is 18.8. The minimum Gasteiger partial charge on any atom is -0.347 e. The number of rotatable bonds is 4. The van der Waals surface area contributed by atoms with Crippen molar-refractivity contribution in [3.8, 4) is 5.69 Å². The summed E-state index contributed by atoms with van der Waals surface area (Å²) in [7, 11) is 0. The summed E-state index contributed by atoms with van der Waals surface area (Å²) in [5.41, 5.74) is 4.66. The molecule has 2 atom stereocenters. The van der Waals surface area contributed by atoms with Crippen LogP contribution in [0.4, 0.5) is 0 Å². The van der Waals surface area contributed by atoms with E-state index in [9.17, 15) is 4.79 Å². The number of aromatic nitrogens is 3. The summed E-state index contributed by atoms with van der Waals surface area (Å²) in [5.74, 6) is 0.221. The molecule has 1 aromatic carbocycles. The summed E-state index contributed by atoms with van der Waals surface area (Å²) >= 11 is 0. The van der Waals surface area contributed by atoms with E-state index in [0.29, 0.717) is 11.6 Å². The average molecular weight is 332 g/mol. The van der Waals surface area contributed by atoms with Crippen molar-refractivity contribution in [1.82, 2.24) is 20.1 Å². The van der Waals surface area contributed by atoms with E-state index in [1.807, 2.05) is 67.3 Å². The van der Waals surface area contributed by atoms with Gasteiger partial charge in [-0.25, -0.2) is 9.67 Å². The second kappa shape index (κ2) is 6.16. The molecule has 2 aromatic heterocycles. The molecule has 0 radical (unpaired) electrons. The zero-order chi connectivity index (χ0) is 17.4. The maximum absolute atomic E-state index is 12.4. The quantitative estimate of drug-likeness (QED) is 0.798. The lowest BCUT2D eigenvalue weighted by Crippen LogP contribution is -2.27. The molecule has 126 valence electrons. The smallest absolute Gasteiger partial charge is 0.270 e. The molecule has 1 fully saturated rings. The van der Waals surface area contributed by atoms with Gasteiger partial charge in [0.25, 0.3) is 5.91 Å². The van der Waals surface area contributed by atoms with E-state index in [4.69, 9.17) is 0 Å². The van der Waals surface area contributed by atoms with Crippen molar-refractivity contribution in [2.75, 3.05) is 0 Å². The van der Waals surface area contributed by atoms with Crippen LogP contribution in [0.3, 0.4) is 0 Å². The molecule has 1 saturated carbocycles. The van der Waals surface area contributed by atoms with Gasteiger partial charge in [-0.2, -0.15) is 5.10 Å². The topological polar surface area (TPSA) is 59.8 Å². The predicted molar refractivity (Wildman–Crippen MR) is 95.9 cm³/mol. The number of nitrogens with one attached hydrogen (secondary N) is 1. The van der Waals surface area contributed by atoms with Gasteiger partial charge < -0.3 is 5.32 Å². The highest BCUT2D eigenvalue weighted by atomic mass is 16.2. The van der Waals surface area contributed by atoms with Gasteiger partial charge in [0, 0.05) is 23.9 Å². The van der Waals surface area contributed by atoms with Gasteiger partial charge in [-0.1, -0.05) is 24.3 Å². The van der Waals surface area contributed by atoms with Crippen LogP contribution in [0.25, 0.3) is 5.69 Å². The van der Waals surface area contributed by atoms with Crippen molar-refractivity contribution in [1.29, 1.82) is 0 Å². The Hall–Kier alpha value is -2.95. The van der Waals surface area contributed by atoms with Crippen LogP contribution in [0.15, 0.2) is 54.9 Å². The van der Waals surface area contributed by atoms with Crippen LogP contribution in [0.2, 0.25) is 0 Å². The maximum Gasteiger partial charge on any atom is 0.270 e. The number of amides is 1. The standard InChI is InChI=1S/C20H20N4O/c1-13-8-9-18(22-14(13)2)20(25)23-19-10-17(19)15-11-21-24(12-15)16-6-4-3-5-7-16/h3-9,11-12,17,19H,10H2,1-2H3,(H,23,25)/t17-,19+/m0/s1. The van der Waals surface area contributed by atoms with Crippen molar-refractivity contribution in [2.45, 2.75) is 32.2 Å². The monoisotopic (exact) mass is 332 g/mol. The number of carbonyl (C=O) groups is 1. The fourth-order valence-corrected chi connectivity index (χ4v) is 2.97. The number of benzene rings is 1. The van der Waals surface area contributed by atoms with Crippen molar-refractivity contribution in [3.63, 3.8) is 0 Å². The van der Waals surface area contributed by atoms with Crippen LogP contribution in [-0.2, 0) is 0 Å². The lowest BCUT2D eigenvalue weighted by molar-refractivity contribution is 0.0945. The Balaban J connectivity index is 1.42. The number of nitrogens with zero attached hydrogens (tertiary/aromatic N) is 3. The number of hydrogen-bond acceptors (Lipinski definition) is 3. The zero-order valence-corrected chi connectivity index (χ0v) is 14.3. The first-order chi connectivity index (χ1) is 12.1. The van der Waals surface area contributed by atoms with E-state index in [0.717, 1.165) is 28.9 Å². The molecule has 1 aliphatic carbocycles. The first-order valence-corrected chi connectivity index (χ1v) is 8.47. The molecule has 1 aliphatic rings. The molecule has 5 heteroatoms. The molecule has 1 N–H and O–H groups in total. The molecule has 2 heterocycles. The number of aryl methyl sites for hydroxylation is 2. The summed E-state index contributed by atoms with van der Waals surface area (Å²) in [5, 5.41) is 7.51. The number of pyridine rings is 1. The van der Waals surface area contributed by atoms with Gasteiger partial charge in [-0.3, -0.25) is 4.79 Å². The van der Waals surface area contributed by atoms with Gasteiger partial charge in [-0.05, 0) is 49.6 Å². The van der Waals surface area contributed by atoms with E-state index in [1.165, 1.54) is 0 Å². The molecule has 3 aromatic rings. The largest absolute Gasteiger partial charge is 0.347 e. The fourth-order valence-electron chi connectivity index (χ4n) is 2.97. The zero-order valence-electron chi connectivity index (χ0n) is 14.3. The molecule has 4 rings (SSSR count). The summed E-state index contributed by atoms with van der Waals surface area (Å²) in [4.78, 5) is 16.7. The molecule has 1 amide bonds. The first-order valence-electron chi connectivity index (χ1n) is 8.47. The Bertz CT molecular complexity index is 916. The number of hydrogen-bond donors (Lipinski definition) is 1. The highest BCUT2D eigenvalue weighted by Gasteiger charge is 2.40. The second-order valence-electron chi connectivity index (χ2n) is 6.57. The SMILES string of the molecule is Cc1ccc(C(=O)N[C@@H]2C[C@H]2c2cnn(-c3ccccc3)c2)nc1C. The third-order valence-corrected chi connectivity index (χ3v) is 4.74. The highest BCUT2D eigenvalue weighted by Crippen LogP contribution is 2.40. The Labute approximate surface area is 146 Å². The molecule has 25 heavy (non-hydrogen) atoms. The van der Waals surface area contributed by atoms with Crippen LogP contribution >= 0.6 is 0 Å². The van der Waals surface area contributed by atoms with E-state index < -0.39 is 0 Å². The highest BCUT2D eigenvalue weighted by molar-refractivity contribution is 5.92. The Morgan fingerprint density at radius 3 is 2.72 bits per heavy atom. The maximum atomic E-state index is 12.4. The molecular weight excluding hydrogens is 312 g/mol. The number of para-hydroxylation sites is 1. The molecular formula is C20H20N4O. The van der Waals surface area contributed by atoms with Crippen molar-refractivity contribution >= 4 is 5.91 Å². The second-order valence-corrected chi connectivity index (χ2v) is 6.57. The van der Waals surface area contributed by atoms with E-state index in [1.54, 1.807) is 6.07 Å². The van der Waals surface area contributed by atoms with Crippen molar-refractivity contribution < 1.29 is 4.79 Å². The molecule has 0 spiro atoms. The van der Waals surface area contributed by atoms with Crippen LogP contribution in [0, 0.1) is 13.8 Å². The number of carbonyl (C=O) groups excluding carboxylic acids is 1. The molecule has 5 nitrogen and oxygen atoms in total. The summed E-state index contributed by atoms with van der Waals surface area (Å²) < 4.78 is 1.87. The van der Waals surface area contributed by atoms with Gasteiger partial charge in [0.1, 0.15) is 5.69 Å². The van der Waals surface area contributed by atoms with Gasteiger partial charge in [0.2, 0.25) is 0 Å². The predicted octanol–water partition coefficient (Wildman–Crippen LogP) is 3.17. The third kappa shape index (κ3) is 3.18. The van der Waals surface area contributed by atoms with Crippen LogP contribution in [0.5, 0.6) is 0 Å². The minimum absolute atomic E-state index is 0.106. The minimum atomic E-state index is -0.106. The molecule has 0 bridgehead atoms. The van der Waals surface area contributed by atoms with Gasteiger partial charge >= 0.3 is 0 Å². The summed E-state index contributed by atoms with van der Waals surface area (Å²) in [6.07, 6.45) is 4.87. The van der Waals surface area contributed by atoms with Gasteiger partial charge in [-0.15, -0.1) is 0 Å². The molecule has 0 unspecified atom stereocenters. The Morgan fingerprint density at radius 2 is 1.96 bits per heavy atom. The summed E-state index contributed by atoms with van der Waals surface area (Å²) in [6, 6.07) is 13.9. The van der Waals surface area contributed by atoms with Crippen LogP contribution in [-0.4, -0.2) is 26.7 Å². The van der Waals surface area contributed by atoms with Crippen LogP contribution < -0.4 is 5.32 Å². The van der Waals surface area contributed by atoms with Gasteiger partial charge in [0.15, 0.2) is 0 Å². The van der Waals surface area contributed by atoms with E-state index in [2.05, 4.69) is 15.4 Å². The lowest BCUT2D eigenvalue weighted by Gasteiger charge is -2.06. The lowest BCUT2D eigenvalue weighted by atomic mass is 10.2. The van der Waals surface area contributed by atoms with Gasteiger partial charge in [0.05, 0.1) is 11.9 Å². The first kappa shape index (κ1) is 15.6. The van der Waals surface area contributed by atoms with Crippen LogP contribution in [0.1, 0.15) is 39.6 Å². The van der Waals surface area contributed by atoms with E-state index in [-0.39, 0.29) is 11.9 Å². The Kier molecular flexibility index (Phi) is 3.84. The fraction of sp³-hybridized carbons (Fsp3) is 0.250. The molecule has 0 saturated heterocycles. The third-order valence-electron chi connectivity index (χ3n) is 4.74. The van der Waals surface area contributed by atoms with E-state index >= 15 is 0 Å². The molecule has 0 aliphatic heterocycles. The average Bonchev–Trinajstić information content (AvgIpc) is 3.21. The van der Waals surface area contributed by atoms with Crippen molar-refractivity contribution in [3.05, 3.63) is 77.4 Å².